The minimum absolute atomic E-state index is 0.277. The number of benzene rings is 2. The fourth-order valence-electron chi connectivity index (χ4n) is 2.77. The average molecular weight is 401 g/mol. The lowest BCUT2D eigenvalue weighted by Gasteiger charge is -2.16. The van der Waals surface area contributed by atoms with Crippen LogP contribution in [0.1, 0.15) is 36.7 Å². The number of anilines is 1. The molecule has 3 rings (SSSR count). The number of nitrogens with one attached hydrogen (secondary N) is 1. The van der Waals surface area contributed by atoms with Crippen LogP contribution < -0.4 is 19.5 Å². The molecule has 0 aliphatic carbocycles. The number of carbonyl (C=O) groups excluding carboxylic acids is 1. The lowest BCUT2D eigenvalue weighted by atomic mass is 10.1. The monoisotopic (exact) mass is 400 g/mol. The molecule has 3 aromatic rings. The molecule has 0 atom stereocenters. The SMILES string of the molecule is CCOc1cc(C(=O)Nc2nc3ccc(C)cc3s2)cc(OCC)c1OCC. The molecule has 0 radical (unpaired) electrons. The molecule has 0 saturated heterocycles. The average Bonchev–Trinajstić information content (AvgIpc) is 3.05. The van der Waals surface area contributed by atoms with Gasteiger partial charge in [-0.05, 0) is 57.5 Å². The maximum absolute atomic E-state index is 12.8. The van der Waals surface area contributed by atoms with E-state index in [1.54, 1.807) is 12.1 Å². The summed E-state index contributed by atoms with van der Waals surface area (Å²) in [7, 11) is 0. The van der Waals surface area contributed by atoms with Crippen LogP contribution in [-0.2, 0) is 0 Å². The predicted molar refractivity (Wildman–Crippen MR) is 112 cm³/mol. The van der Waals surface area contributed by atoms with Crippen molar-refractivity contribution in [3.05, 3.63) is 41.5 Å². The molecule has 0 unspecified atom stereocenters. The zero-order valence-electron chi connectivity index (χ0n) is 16.5. The molecule has 1 heterocycles. The highest BCUT2D eigenvalue weighted by molar-refractivity contribution is 7.22. The van der Waals surface area contributed by atoms with Gasteiger partial charge in [-0.2, -0.15) is 0 Å². The van der Waals surface area contributed by atoms with Crippen LogP contribution in [0, 0.1) is 6.92 Å². The Morgan fingerprint density at radius 1 is 1.00 bits per heavy atom. The second kappa shape index (κ2) is 8.93. The lowest BCUT2D eigenvalue weighted by Crippen LogP contribution is -2.13. The predicted octanol–water partition coefficient (Wildman–Crippen LogP) is 5.05. The second-order valence-electron chi connectivity index (χ2n) is 6.05. The smallest absolute Gasteiger partial charge is 0.257 e. The number of hydrogen-bond donors (Lipinski definition) is 1. The van der Waals surface area contributed by atoms with Crippen LogP contribution in [0.15, 0.2) is 30.3 Å². The van der Waals surface area contributed by atoms with Gasteiger partial charge in [0, 0.05) is 5.56 Å². The molecule has 0 saturated carbocycles. The molecule has 148 valence electrons. The maximum atomic E-state index is 12.8. The van der Waals surface area contributed by atoms with E-state index in [9.17, 15) is 4.79 Å². The van der Waals surface area contributed by atoms with Crippen molar-refractivity contribution in [3.63, 3.8) is 0 Å². The molecule has 6 nitrogen and oxygen atoms in total. The van der Waals surface area contributed by atoms with E-state index in [4.69, 9.17) is 14.2 Å². The third kappa shape index (κ3) is 4.36. The van der Waals surface area contributed by atoms with Crippen LogP contribution >= 0.6 is 11.3 Å². The fraction of sp³-hybridized carbons (Fsp3) is 0.333. The minimum atomic E-state index is -0.277. The van der Waals surface area contributed by atoms with Crippen molar-refractivity contribution in [2.24, 2.45) is 0 Å². The third-order valence-electron chi connectivity index (χ3n) is 3.94. The van der Waals surface area contributed by atoms with Crippen LogP contribution in [-0.4, -0.2) is 30.7 Å². The Hall–Kier alpha value is -2.80. The summed E-state index contributed by atoms with van der Waals surface area (Å²) in [6.45, 7) is 9.05. The van der Waals surface area contributed by atoms with Crippen LogP contribution in [0.25, 0.3) is 10.2 Å². The molecule has 0 aliphatic rings. The second-order valence-corrected chi connectivity index (χ2v) is 7.08. The van der Waals surface area contributed by atoms with E-state index in [2.05, 4.69) is 16.4 Å². The van der Waals surface area contributed by atoms with Crippen molar-refractivity contribution >= 4 is 32.6 Å². The Morgan fingerprint density at radius 3 is 2.25 bits per heavy atom. The van der Waals surface area contributed by atoms with Crippen LogP contribution in [0.2, 0.25) is 0 Å². The molecule has 2 aromatic carbocycles. The molecular weight excluding hydrogens is 376 g/mol. The van der Waals surface area contributed by atoms with Crippen LogP contribution in [0.3, 0.4) is 0 Å². The van der Waals surface area contributed by atoms with Gasteiger partial charge in [0.25, 0.3) is 5.91 Å². The van der Waals surface area contributed by atoms with Gasteiger partial charge in [0.05, 0.1) is 30.0 Å². The van der Waals surface area contributed by atoms with E-state index in [1.807, 2.05) is 39.8 Å². The van der Waals surface area contributed by atoms with Crippen molar-refractivity contribution in [1.82, 2.24) is 4.98 Å². The van der Waals surface area contributed by atoms with Crippen molar-refractivity contribution in [1.29, 1.82) is 0 Å². The van der Waals surface area contributed by atoms with Crippen molar-refractivity contribution in [3.8, 4) is 17.2 Å². The van der Waals surface area contributed by atoms with Crippen LogP contribution in [0.5, 0.6) is 17.2 Å². The summed E-state index contributed by atoms with van der Waals surface area (Å²) in [4.78, 5) is 17.3. The highest BCUT2D eigenvalue weighted by Crippen LogP contribution is 2.39. The Balaban J connectivity index is 1.92. The number of rotatable bonds is 8. The van der Waals surface area contributed by atoms with E-state index in [0.29, 0.717) is 47.8 Å². The fourth-order valence-corrected chi connectivity index (χ4v) is 3.73. The first-order valence-electron chi connectivity index (χ1n) is 9.30. The van der Waals surface area contributed by atoms with E-state index >= 15 is 0 Å². The molecule has 1 N–H and O–H groups in total. The Kier molecular flexibility index (Phi) is 6.36. The van der Waals surface area contributed by atoms with E-state index in [-0.39, 0.29) is 5.91 Å². The number of carbonyl (C=O) groups is 1. The first-order valence-corrected chi connectivity index (χ1v) is 10.1. The van der Waals surface area contributed by atoms with Gasteiger partial charge in [-0.1, -0.05) is 17.4 Å². The van der Waals surface area contributed by atoms with Crippen LogP contribution in [0.4, 0.5) is 5.13 Å². The van der Waals surface area contributed by atoms with Gasteiger partial charge in [0.2, 0.25) is 5.75 Å². The number of thiazole rings is 1. The van der Waals surface area contributed by atoms with Crippen molar-refractivity contribution in [2.75, 3.05) is 25.1 Å². The normalized spacial score (nSPS) is 10.7. The van der Waals surface area contributed by atoms with Crippen molar-refractivity contribution in [2.45, 2.75) is 27.7 Å². The Bertz CT molecular complexity index is 957. The van der Waals surface area contributed by atoms with Gasteiger partial charge < -0.3 is 14.2 Å². The van der Waals surface area contributed by atoms with E-state index in [0.717, 1.165) is 15.8 Å². The molecule has 0 aliphatic heterocycles. The molecular formula is C21H24N2O4S. The topological polar surface area (TPSA) is 69.7 Å². The number of fused-ring (bicyclic) bond motifs is 1. The minimum Gasteiger partial charge on any atom is -0.490 e. The van der Waals surface area contributed by atoms with Crippen molar-refractivity contribution < 1.29 is 19.0 Å². The first kappa shape index (κ1) is 19.9. The first-order chi connectivity index (χ1) is 13.5. The van der Waals surface area contributed by atoms with Gasteiger partial charge in [-0.25, -0.2) is 4.98 Å². The van der Waals surface area contributed by atoms with Gasteiger partial charge >= 0.3 is 0 Å². The largest absolute Gasteiger partial charge is 0.490 e. The van der Waals surface area contributed by atoms with Gasteiger partial charge in [-0.3, -0.25) is 10.1 Å². The summed E-state index contributed by atoms with van der Waals surface area (Å²) < 4.78 is 18.1. The third-order valence-corrected chi connectivity index (χ3v) is 4.87. The summed E-state index contributed by atoms with van der Waals surface area (Å²) in [6.07, 6.45) is 0. The summed E-state index contributed by atoms with van der Waals surface area (Å²) in [6, 6.07) is 9.35. The molecule has 0 fully saturated rings. The molecule has 7 heteroatoms. The zero-order valence-corrected chi connectivity index (χ0v) is 17.3. The lowest BCUT2D eigenvalue weighted by molar-refractivity contribution is 0.102. The molecule has 0 bridgehead atoms. The van der Waals surface area contributed by atoms with E-state index in [1.165, 1.54) is 11.3 Å². The number of aryl methyl sites for hydroxylation is 1. The number of nitrogens with zero attached hydrogens (tertiary/aromatic N) is 1. The van der Waals surface area contributed by atoms with Gasteiger partial charge in [0.15, 0.2) is 16.6 Å². The molecule has 28 heavy (non-hydrogen) atoms. The quantitative estimate of drug-likeness (QED) is 0.573. The summed E-state index contributed by atoms with van der Waals surface area (Å²) in [5.74, 6) is 1.21. The highest BCUT2D eigenvalue weighted by Gasteiger charge is 2.19. The molecule has 1 aromatic heterocycles. The summed E-state index contributed by atoms with van der Waals surface area (Å²) in [5.41, 5.74) is 2.44. The Labute approximate surface area is 168 Å². The molecule has 0 spiro atoms. The summed E-state index contributed by atoms with van der Waals surface area (Å²) >= 11 is 1.44. The molecule has 1 amide bonds. The number of hydrogen-bond acceptors (Lipinski definition) is 6. The number of aromatic nitrogens is 1. The standard InChI is InChI=1S/C21H24N2O4S/c1-5-25-16-11-14(12-17(26-6-2)19(16)27-7-3)20(24)23-21-22-15-9-8-13(4)10-18(15)28-21/h8-12H,5-7H2,1-4H3,(H,22,23,24). The maximum Gasteiger partial charge on any atom is 0.257 e. The van der Waals surface area contributed by atoms with E-state index < -0.39 is 0 Å². The zero-order chi connectivity index (χ0) is 20.1. The highest BCUT2D eigenvalue weighted by atomic mass is 32.1. The number of ether oxygens (including phenoxy) is 3. The number of amides is 1. The Morgan fingerprint density at radius 2 is 1.64 bits per heavy atom. The van der Waals surface area contributed by atoms with Gasteiger partial charge in [0.1, 0.15) is 0 Å². The summed E-state index contributed by atoms with van der Waals surface area (Å²) in [5, 5.41) is 3.43. The van der Waals surface area contributed by atoms with Gasteiger partial charge in [-0.15, -0.1) is 0 Å².